The van der Waals surface area contributed by atoms with E-state index in [4.69, 9.17) is 5.73 Å². The fourth-order valence-corrected chi connectivity index (χ4v) is 2.62. The van der Waals surface area contributed by atoms with Crippen molar-refractivity contribution in [1.82, 2.24) is 9.88 Å². The van der Waals surface area contributed by atoms with E-state index in [1.165, 1.54) is 0 Å². The summed E-state index contributed by atoms with van der Waals surface area (Å²) in [7, 11) is 2.02. The lowest BCUT2D eigenvalue weighted by molar-refractivity contribution is 0.0145. The molecule has 0 saturated heterocycles. The molecule has 1 aromatic heterocycles. The van der Waals surface area contributed by atoms with Crippen LogP contribution in [0.2, 0.25) is 0 Å². The molecule has 0 amide bonds. The van der Waals surface area contributed by atoms with Crippen LogP contribution in [0.15, 0.2) is 18.3 Å². The minimum absolute atomic E-state index is 0.494. The van der Waals surface area contributed by atoms with Crippen LogP contribution in [0.25, 0.3) is 0 Å². The maximum Gasteiger partial charge on any atom is 0.127 e. The van der Waals surface area contributed by atoms with Crippen molar-refractivity contribution in [3.8, 4) is 0 Å². The number of nitrogens with zero attached hydrogens (tertiary/aromatic N) is 2. The number of pyridine rings is 1. The normalized spacial score (nSPS) is 18.8. The molecule has 4 nitrogen and oxygen atoms in total. The number of anilines is 1. The van der Waals surface area contributed by atoms with Gasteiger partial charge in [-0.15, -0.1) is 0 Å². The number of rotatable bonds is 4. The molecule has 0 spiro atoms. The van der Waals surface area contributed by atoms with Crippen molar-refractivity contribution in [3.05, 3.63) is 23.9 Å². The Hall–Kier alpha value is -1.13. The molecule has 0 bridgehead atoms. The van der Waals surface area contributed by atoms with Gasteiger partial charge in [0.2, 0.25) is 0 Å². The average molecular weight is 235 g/mol. The second-order valence-electron chi connectivity index (χ2n) is 5.15. The average Bonchev–Trinajstić information content (AvgIpc) is 2.68. The molecule has 2 rings (SSSR count). The van der Waals surface area contributed by atoms with E-state index in [0.717, 1.165) is 37.8 Å². The highest BCUT2D eigenvalue weighted by atomic mass is 16.3. The number of likely N-dealkylation sites (N-methyl/N-ethyl adjacent to an activating group) is 1. The first-order valence-electron chi connectivity index (χ1n) is 6.19. The van der Waals surface area contributed by atoms with Crippen LogP contribution in [-0.4, -0.2) is 34.2 Å². The molecule has 1 aliphatic rings. The fourth-order valence-electron chi connectivity index (χ4n) is 2.62. The van der Waals surface area contributed by atoms with Crippen LogP contribution in [0.3, 0.4) is 0 Å². The summed E-state index contributed by atoms with van der Waals surface area (Å²) < 4.78 is 0. The molecule has 1 aromatic rings. The number of hydrogen-bond acceptors (Lipinski definition) is 4. The van der Waals surface area contributed by atoms with Crippen LogP contribution in [0, 0.1) is 0 Å². The van der Waals surface area contributed by atoms with Gasteiger partial charge in [-0.1, -0.05) is 18.9 Å². The number of aromatic nitrogens is 1. The van der Waals surface area contributed by atoms with Crippen LogP contribution < -0.4 is 5.73 Å². The molecule has 0 radical (unpaired) electrons. The third-order valence-corrected chi connectivity index (χ3v) is 3.46. The molecular formula is C13H21N3O. The lowest BCUT2D eigenvalue weighted by Gasteiger charge is -2.28. The number of hydrogen-bond donors (Lipinski definition) is 2. The van der Waals surface area contributed by atoms with Crippen molar-refractivity contribution in [3.63, 3.8) is 0 Å². The zero-order valence-corrected chi connectivity index (χ0v) is 10.4. The summed E-state index contributed by atoms with van der Waals surface area (Å²) in [6.07, 6.45) is 5.81. The molecular weight excluding hydrogens is 214 g/mol. The van der Waals surface area contributed by atoms with Crippen molar-refractivity contribution in [2.24, 2.45) is 0 Å². The summed E-state index contributed by atoms with van der Waals surface area (Å²) in [4.78, 5) is 6.19. The Labute approximate surface area is 102 Å². The Kier molecular flexibility index (Phi) is 3.64. The van der Waals surface area contributed by atoms with Gasteiger partial charge in [0.25, 0.3) is 0 Å². The summed E-state index contributed by atoms with van der Waals surface area (Å²) in [6, 6.07) is 3.88. The molecule has 0 aliphatic heterocycles. The topological polar surface area (TPSA) is 62.4 Å². The van der Waals surface area contributed by atoms with E-state index in [1.807, 2.05) is 19.2 Å². The number of nitrogens with two attached hydrogens (primary N) is 1. The smallest absolute Gasteiger partial charge is 0.127 e. The van der Waals surface area contributed by atoms with Gasteiger partial charge in [-0.3, -0.25) is 4.90 Å². The molecule has 1 heterocycles. The number of nitrogen functional groups attached to an aromatic ring is 1. The lowest BCUT2D eigenvalue weighted by atomic mass is 10.0. The van der Waals surface area contributed by atoms with E-state index in [2.05, 4.69) is 9.88 Å². The summed E-state index contributed by atoms with van der Waals surface area (Å²) in [5.41, 5.74) is 6.34. The van der Waals surface area contributed by atoms with Crippen molar-refractivity contribution in [2.45, 2.75) is 37.8 Å². The van der Waals surface area contributed by atoms with Gasteiger partial charge < -0.3 is 10.8 Å². The highest BCUT2D eigenvalue weighted by Crippen LogP contribution is 2.30. The quantitative estimate of drug-likeness (QED) is 0.828. The van der Waals surface area contributed by atoms with Crippen LogP contribution >= 0.6 is 0 Å². The Morgan fingerprint density at radius 2 is 2.18 bits per heavy atom. The highest BCUT2D eigenvalue weighted by Gasteiger charge is 2.32. The summed E-state index contributed by atoms with van der Waals surface area (Å²) >= 11 is 0. The predicted molar refractivity (Wildman–Crippen MR) is 68.4 cm³/mol. The minimum atomic E-state index is -0.494. The third kappa shape index (κ3) is 3.17. The van der Waals surface area contributed by atoms with Gasteiger partial charge in [0.15, 0.2) is 0 Å². The maximum atomic E-state index is 10.3. The van der Waals surface area contributed by atoms with Crippen molar-refractivity contribution >= 4 is 5.82 Å². The van der Waals surface area contributed by atoms with Gasteiger partial charge in [0.05, 0.1) is 5.60 Å². The summed E-state index contributed by atoms with van der Waals surface area (Å²) in [5.74, 6) is 0.581. The molecule has 1 aliphatic carbocycles. The van der Waals surface area contributed by atoms with Crippen LogP contribution in [-0.2, 0) is 6.54 Å². The first-order chi connectivity index (χ1) is 8.09. The molecule has 3 N–H and O–H groups in total. The Morgan fingerprint density at radius 3 is 2.82 bits per heavy atom. The van der Waals surface area contributed by atoms with Crippen LogP contribution in [0.1, 0.15) is 31.2 Å². The first kappa shape index (κ1) is 12.3. The maximum absolute atomic E-state index is 10.3. The number of aliphatic hydroxyl groups is 1. The minimum Gasteiger partial charge on any atom is -0.389 e. The summed E-state index contributed by atoms with van der Waals surface area (Å²) in [5, 5.41) is 10.3. The lowest BCUT2D eigenvalue weighted by Crippen LogP contribution is -2.38. The molecule has 17 heavy (non-hydrogen) atoms. The predicted octanol–water partition coefficient (Wildman–Crippen LogP) is 1.40. The molecule has 0 unspecified atom stereocenters. The van der Waals surface area contributed by atoms with Crippen molar-refractivity contribution < 1.29 is 5.11 Å². The Morgan fingerprint density at radius 1 is 1.47 bits per heavy atom. The van der Waals surface area contributed by atoms with E-state index in [0.29, 0.717) is 12.4 Å². The second kappa shape index (κ2) is 5.02. The van der Waals surface area contributed by atoms with Crippen molar-refractivity contribution in [2.75, 3.05) is 19.3 Å². The van der Waals surface area contributed by atoms with Crippen LogP contribution in [0.4, 0.5) is 5.82 Å². The zero-order valence-electron chi connectivity index (χ0n) is 10.4. The zero-order chi connectivity index (χ0) is 12.3. The van der Waals surface area contributed by atoms with Gasteiger partial charge >= 0.3 is 0 Å². The monoisotopic (exact) mass is 235 g/mol. The van der Waals surface area contributed by atoms with Crippen LogP contribution in [0.5, 0.6) is 0 Å². The van der Waals surface area contributed by atoms with E-state index in [9.17, 15) is 5.11 Å². The molecule has 94 valence electrons. The van der Waals surface area contributed by atoms with E-state index >= 15 is 0 Å². The molecule has 0 atom stereocenters. The van der Waals surface area contributed by atoms with E-state index in [1.54, 1.807) is 6.20 Å². The Bertz CT molecular complexity index is 375. The molecule has 1 saturated carbocycles. The SMILES string of the molecule is CN(Cc1cccnc1N)CC1(O)CCCC1. The molecule has 1 fully saturated rings. The van der Waals surface area contributed by atoms with Gasteiger partial charge in [0, 0.05) is 24.8 Å². The van der Waals surface area contributed by atoms with Gasteiger partial charge in [-0.05, 0) is 26.0 Å². The van der Waals surface area contributed by atoms with Gasteiger partial charge in [0.1, 0.15) is 5.82 Å². The molecule has 0 aromatic carbocycles. The van der Waals surface area contributed by atoms with E-state index < -0.39 is 5.60 Å². The second-order valence-corrected chi connectivity index (χ2v) is 5.15. The standard InChI is InChI=1S/C13H21N3O/c1-16(10-13(17)6-2-3-7-13)9-11-5-4-8-15-12(11)14/h4-5,8,17H,2-3,6-7,9-10H2,1H3,(H2,14,15). The van der Waals surface area contributed by atoms with Gasteiger partial charge in [-0.2, -0.15) is 0 Å². The Balaban J connectivity index is 1.93. The molecule has 4 heteroatoms. The fraction of sp³-hybridized carbons (Fsp3) is 0.615. The highest BCUT2D eigenvalue weighted by molar-refractivity contribution is 5.38. The first-order valence-corrected chi connectivity index (χ1v) is 6.19. The van der Waals surface area contributed by atoms with Crippen molar-refractivity contribution in [1.29, 1.82) is 0 Å². The largest absolute Gasteiger partial charge is 0.389 e. The van der Waals surface area contributed by atoms with Gasteiger partial charge in [-0.25, -0.2) is 4.98 Å². The summed E-state index contributed by atoms with van der Waals surface area (Å²) in [6.45, 7) is 1.45. The third-order valence-electron chi connectivity index (χ3n) is 3.46. The van der Waals surface area contributed by atoms with E-state index in [-0.39, 0.29) is 0 Å².